The minimum absolute atomic E-state index is 0.0384. The second-order valence-electron chi connectivity index (χ2n) is 5.67. The quantitative estimate of drug-likeness (QED) is 0.906. The molecule has 0 unspecified atom stereocenters. The van der Waals surface area contributed by atoms with Crippen molar-refractivity contribution in [1.29, 1.82) is 0 Å². The lowest BCUT2D eigenvalue weighted by Crippen LogP contribution is -2.46. The van der Waals surface area contributed by atoms with Crippen molar-refractivity contribution in [2.75, 3.05) is 11.4 Å². The first kappa shape index (κ1) is 17.0. The number of rotatable bonds is 4. The Balaban J connectivity index is 1.78. The maximum Gasteiger partial charge on any atom is 0.244 e. The van der Waals surface area contributed by atoms with Gasteiger partial charge >= 0.3 is 0 Å². The molecule has 1 aliphatic heterocycles. The van der Waals surface area contributed by atoms with Crippen LogP contribution < -0.4 is 9.62 Å². The topological polar surface area (TPSA) is 66.5 Å². The Bertz CT molecular complexity index is 883. The summed E-state index contributed by atoms with van der Waals surface area (Å²) < 4.78 is 27.3. The molecule has 0 fully saturated rings. The number of nitrogens with zero attached hydrogens (tertiary/aromatic N) is 1. The summed E-state index contributed by atoms with van der Waals surface area (Å²) in [6, 6.07) is 12.7. The Morgan fingerprint density at radius 3 is 2.71 bits per heavy atom. The molecule has 5 nitrogen and oxygen atoms in total. The summed E-state index contributed by atoms with van der Waals surface area (Å²) in [5, 5.41) is 0.324. The van der Waals surface area contributed by atoms with Gasteiger partial charge in [-0.05, 0) is 43.2 Å². The van der Waals surface area contributed by atoms with Gasteiger partial charge in [-0.3, -0.25) is 4.79 Å². The molecule has 0 spiro atoms. The molecule has 0 bridgehead atoms. The summed E-state index contributed by atoms with van der Waals surface area (Å²) in [4.78, 5) is 14.3. The van der Waals surface area contributed by atoms with E-state index in [1.54, 1.807) is 24.0 Å². The van der Waals surface area contributed by atoms with Crippen LogP contribution in [0.25, 0.3) is 0 Å². The summed E-state index contributed by atoms with van der Waals surface area (Å²) in [5.74, 6) is -0.273. The zero-order valence-corrected chi connectivity index (χ0v) is 14.6. The molecule has 0 aliphatic carbocycles. The van der Waals surface area contributed by atoms with Crippen LogP contribution in [0.5, 0.6) is 0 Å². The van der Waals surface area contributed by atoms with Gasteiger partial charge in [0.05, 0.1) is 10.9 Å². The van der Waals surface area contributed by atoms with Gasteiger partial charge in [0.2, 0.25) is 15.9 Å². The summed E-state index contributed by atoms with van der Waals surface area (Å²) in [6.45, 7) is 2.10. The van der Waals surface area contributed by atoms with Gasteiger partial charge in [0, 0.05) is 17.3 Å². The van der Waals surface area contributed by atoms with Gasteiger partial charge in [-0.2, -0.15) is 4.72 Å². The van der Waals surface area contributed by atoms with Gasteiger partial charge in [0.15, 0.2) is 0 Å². The second-order valence-corrected chi connectivity index (χ2v) is 7.82. The predicted molar refractivity (Wildman–Crippen MR) is 93.7 cm³/mol. The first-order valence-corrected chi connectivity index (χ1v) is 9.42. The Hall–Kier alpha value is -1.89. The summed E-state index contributed by atoms with van der Waals surface area (Å²) in [5.41, 5.74) is 1.94. The standard InChI is InChI=1S/C17H17ClN2O3S/c1-12(19-24(22,23)15-7-4-6-14(18)11-15)17(21)20-10-9-13-5-2-3-8-16(13)20/h2-8,11-12,19H,9-10H2,1H3/t12-/m0/s1. The SMILES string of the molecule is C[C@H](NS(=O)(=O)c1cccc(Cl)c1)C(=O)N1CCc2ccccc21. The summed E-state index contributed by atoms with van der Waals surface area (Å²) >= 11 is 5.84. The van der Waals surface area contributed by atoms with Crippen molar-refractivity contribution in [2.24, 2.45) is 0 Å². The van der Waals surface area contributed by atoms with Gasteiger partial charge < -0.3 is 4.90 Å². The van der Waals surface area contributed by atoms with Crippen LogP contribution in [0.2, 0.25) is 5.02 Å². The van der Waals surface area contributed by atoms with E-state index in [-0.39, 0.29) is 10.8 Å². The number of nitrogens with one attached hydrogen (secondary N) is 1. The van der Waals surface area contributed by atoms with E-state index in [1.165, 1.54) is 12.1 Å². The Labute approximate surface area is 146 Å². The third kappa shape index (κ3) is 3.31. The third-order valence-electron chi connectivity index (χ3n) is 3.96. The molecule has 1 amide bonds. The van der Waals surface area contributed by atoms with E-state index in [2.05, 4.69) is 4.72 Å². The van der Waals surface area contributed by atoms with E-state index in [0.29, 0.717) is 11.6 Å². The Morgan fingerprint density at radius 1 is 1.21 bits per heavy atom. The zero-order chi connectivity index (χ0) is 17.3. The highest BCUT2D eigenvalue weighted by molar-refractivity contribution is 7.89. The largest absolute Gasteiger partial charge is 0.310 e. The molecule has 1 aliphatic rings. The first-order valence-electron chi connectivity index (χ1n) is 7.56. The molecule has 2 aromatic carbocycles. The van der Waals surface area contributed by atoms with Gasteiger partial charge in [0.25, 0.3) is 0 Å². The number of hydrogen-bond donors (Lipinski definition) is 1. The summed E-state index contributed by atoms with van der Waals surface area (Å²) in [7, 11) is -3.82. The first-order chi connectivity index (χ1) is 11.4. The van der Waals surface area contributed by atoms with E-state index in [1.807, 2.05) is 24.3 Å². The number of sulfonamides is 1. The molecule has 7 heteroatoms. The molecule has 2 aromatic rings. The smallest absolute Gasteiger partial charge is 0.244 e. The predicted octanol–water partition coefficient (Wildman–Crippen LogP) is 2.60. The number of fused-ring (bicyclic) bond motifs is 1. The molecule has 0 saturated carbocycles. The van der Waals surface area contributed by atoms with Crippen LogP contribution >= 0.6 is 11.6 Å². The zero-order valence-electron chi connectivity index (χ0n) is 13.1. The average Bonchev–Trinajstić information content (AvgIpc) is 2.97. The van der Waals surface area contributed by atoms with Crippen LogP contribution in [0, 0.1) is 0 Å². The lowest BCUT2D eigenvalue weighted by Gasteiger charge is -2.22. The van der Waals surface area contributed by atoms with Gasteiger partial charge in [-0.15, -0.1) is 0 Å². The fourth-order valence-corrected chi connectivity index (χ4v) is 4.28. The molecule has 126 valence electrons. The lowest BCUT2D eigenvalue weighted by molar-refractivity contribution is -0.119. The molecule has 1 heterocycles. The van der Waals surface area contributed by atoms with Crippen LogP contribution in [0.3, 0.4) is 0 Å². The third-order valence-corrected chi connectivity index (χ3v) is 5.74. The van der Waals surface area contributed by atoms with Crippen molar-refractivity contribution in [1.82, 2.24) is 4.72 Å². The Kier molecular flexibility index (Phi) is 4.62. The molecule has 3 rings (SSSR count). The number of hydrogen-bond acceptors (Lipinski definition) is 3. The van der Waals surface area contributed by atoms with E-state index in [9.17, 15) is 13.2 Å². The molecule has 0 aromatic heterocycles. The van der Waals surface area contributed by atoms with Crippen molar-refractivity contribution in [3.63, 3.8) is 0 Å². The fraction of sp³-hybridized carbons (Fsp3) is 0.235. The second kappa shape index (κ2) is 6.55. The monoisotopic (exact) mass is 364 g/mol. The summed E-state index contributed by atoms with van der Waals surface area (Å²) in [6.07, 6.45) is 0.773. The lowest BCUT2D eigenvalue weighted by atomic mass is 10.2. The van der Waals surface area contributed by atoms with Crippen LogP contribution in [0.15, 0.2) is 53.4 Å². The van der Waals surface area contributed by atoms with E-state index >= 15 is 0 Å². The van der Waals surface area contributed by atoms with E-state index in [0.717, 1.165) is 17.7 Å². The maximum atomic E-state index is 12.7. The number of carbonyl (C=O) groups excluding carboxylic acids is 1. The van der Waals surface area contributed by atoms with Gasteiger partial charge in [-0.1, -0.05) is 35.9 Å². The highest BCUT2D eigenvalue weighted by Gasteiger charge is 2.30. The van der Waals surface area contributed by atoms with Crippen molar-refractivity contribution in [3.05, 3.63) is 59.1 Å². The molecular weight excluding hydrogens is 348 g/mol. The fourth-order valence-electron chi connectivity index (χ4n) is 2.79. The number of anilines is 1. The van der Waals surface area contributed by atoms with Crippen molar-refractivity contribution >= 4 is 33.2 Å². The average molecular weight is 365 g/mol. The molecule has 0 saturated heterocycles. The number of amides is 1. The van der Waals surface area contributed by atoms with Crippen molar-refractivity contribution < 1.29 is 13.2 Å². The van der Waals surface area contributed by atoms with E-state index in [4.69, 9.17) is 11.6 Å². The highest BCUT2D eigenvalue weighted by atomic mass is 35.5. The number of carbonyl (C=O) groups is 1. The van der Waals surface area contributed by atoms with Crippen LogP contribution in [0.1, 0.15) is 12.5 Å². The number of benzene rings is 2. The number of halogens is 1. The van der Waals surface area contributed by atoms with E-state index < -0.39 is 16.1 Å². The molecule has 24 heavy (non-hydrogen) atoms. The molecule has 0 radical (unpaired) electrons. The number of para-hydroxylation sites is 1. The van der Waals surface area contributed by atoms with Crippen molar-refractivity contribution in [2.45, 2.75) is 24.3 Å². The molecule has 1 atom stereocenters. The van der Waals surface area contributed by atoms with Gasteiger partial charge in [0.1, 0.15) is 0 Å². The van der Waals surface area contributed by atoms with Crippen molar-refractivity contribution in [3.8, 4) is 0 Å². The minimum atomic E-state index is -3.82. The van der Waals surface area contributed by atoms with Gasteiger partial charge in [-0.25, -0.2) is 8.42 Å². The van der Waals surface area contributed by atoms with Crippen LogP contribution in [-0.4, -0.2) is 26.9 Å². The highest BCUT2D eigenvalue weighted by Crippen LogP contribution is 2.28. The van der Waals surface area contributed by atoms with Crippen LogP contribution in [0.4, 0.5) is 5.69 Å². The minimum Gasteiger partial charge on any atom is -0.310 e. The van der Waals surface area contributed by atoms with Crippen LogP contribution in [-0.2, 0) is 21.2 Å². The molecule has 1 N–H and O–H groups in total. The normalized spacial score (nSPS) is 15.2. The molecular formula is C17H17ClN2O3S. The maximum absolute atomic E-state index is 12.7. The Morgan fingerprint density at radius 2 is 1.96 bits per heavy atom.